The summed E-state index contributed by atoms with van der Waals surface area (Å²) in [7, 11) is 0. The highest BCUT2D eigenvalue weighted by Gasteiger charge is 2.16. The normalized spacial score (nSPS) is 23.3. The molecule has 4 heteroatoms. The van der Waals surface area contributed by atoms with Crippen LogP contribution in [0.25, 0.3) is 0 Å². The Balaban J connectivity index is 1.92. The van der Waals surface area contributed by atoms with Gasteiger partial charge in [0, 0.05) is 5.25 Å². The molecule has 0 aliphatic carbocycles. The van der Waals surface area contributed by atoms with E-state index in [-0.39, 0.29) is 0 Å². The van der Waals surface area contributed by atoms with Crippen LogP contribution in [0.3, 0.4) is 0 Å². The minimum absolute atomic E-state index is 0.373. The van der Waals surface area contributed by atoms with Crippen LogP contribution in [-0.4, -0.2) is 17.0 Å². The molecule has 0 bridgehead atoms. The maximum Gasteiger partial charge on any atom is 0.157 e. The van der Waals surface area contributed by atoms with E-state index in [1.165, 1.54) is 5.56 Å². The van der Waals surface area contributed by atoms with E-state index in [4.69, 9.17) is 0 Å². The van der Waals surface area contributed by atoms with E-state index in [1.54, 1.807) is 11.3 Å². The molecule has 1 aliphatic rings. The van der Waals surface area contributed by atoms with Crippen LogP contribution in [0.4, 0.5) is 0 Å². The van der Waals surface area contributed by atoms with Gasteiger partial charge in [-0.3, -0.25) is 4.99 Å². The van der Waals surface area contributed by atoms with E-state index in [0.717, 1.165) is 11.7 Å². The number of aliphatic imine (C=N–C) groups is 1. The summed E-state index contributed by atoms with van der Waals surface area (Å²) in [6, 6.07) is 2.53. The van der Waals surface area contributed by atoms with Crippen LogP contribution in [0.15, 0.2) is 21.8 Å². The monoisotopic (exact) mass is 226 g/mol. The Bertz CT molecular complexity index is 319. The van der Waals surface area contributed by atoms with Crippen LogP contribution in [0.2, 0.25) is 0 Å². The molecule has 0 fully saturated rings. The third-order valence-corrected chi connectivity index (χ3v) is 3.91. The predicted molar refractivity (Wildman–Crippen MR) is 65.2 cm³/mol. The van der Waals surface area contributed by atoms with Gasteiger partial charge in [0.1, 0.15) is 0 Å². The van der Waals surface area contributed by atoms with Crippen molar-refractivity contribution in [2.75, 3.05) is 6.54 Å². The van der Waals surface area contributed by atoms with Crippen molar-refractivity contribution in [3.63, 3.8) is 0 Å². The maximum absolute atomic E-state index is 4.44. The zero-order valence-corrected chi connectivity index (χ0v) is 9.99. The molecule has 0 saturated carbocycles. The minimum Gasteiger partial charge on any atom is -0.358 e. The Morgan fingerprint density at radius 1 is 1.64 bits per heavy atom. The van der Waals surface area contributed by atoms with E-state index in [2.05, 4.69) is 41.0 Å². The van der Waals surface area contributed by atoms with Crippen molar-refractivity contribution >= 4 is 28.3 Å². The molecule has 2 atom stereocenters. The summed E-state index contributed by atoms with van der Waals surface area (Å²) in [6.07, 6.45) is 0. The van der Waals surface area contributed by atoms with Gasteiger partial charge in [-0.1, -0.05) is 18.7 Å². The zero-order chi connectivity index (χ0) is 9.97. The number of rotatable bonds is 2. The van der Waals surface area contributed by atoms with E-state index < -0.39 is 0 Å². The molecular weight excluding hydrogens is 212 g/mol. The molecule has 0 radical (unpaired) electrons. The summed E-state index contributed by atoms with van der Waals surface area (Å²) < 4.78 is 0. The van der Waals surface area contributed by atoms with Crippen molar-refractivity contribution in [1.29, 1.82) is 0 Å². The summed E-state index contributed by atoms with van der Waals surface area (Å²) >= 11 is 3.57. The SMILES string of the molecule is CC1CN=C(NC(C)c2ccsc2)S1. The highest BCUT2D eigenvalue weighted by Crippen LogP contribution is 2.22. The van der Waals surface area contributed by atoms with Gasteiger partial charge in [-0.2, -0.15) is 11.3 Å². The van der Waals surface area contributed by atoms with Gasteiger partial charge in [0.2, 0.25) is 0 Å². The van der Waals surface area contributed by atoms with Gasteiger partial charge in [-0.25, -0.2) is 0 Å². The van der Waals surface area contributed by atoms with Crippen LogP contribution in [-0.2, 0) is 0 Å². The quantitative estimate of drug-likeness (QED) is 0.838. The van der Waals surface area contributed by atoms with Crippen molar-refractivity contribution in [3.8, 4) is 0 Å². The van der Waals surface area contributed by atoms with Crippen molar-refractivity contribution in [2.24, 2.45) is 4.99 Å². The Labute approximate surface area is 92.8 Å². The number of thioether (sulfide) groups is 1. The Morgan fingerprint density at radius 3 is 3.07 bits per heavy atom. The third kappa shape index (κ3) is 2.30. The zero-order valence-electron chi connectivity index (χ0n) is 8.36. The van der Waals surface area contributed by atoms with Crippen molar-refractivity contribution in [1.82, 2.24) is 5.32 Å². The predicted octanol–water partition coefficient (Wildman–Crippen LogP) is 2.89. The van der Waals surface area contributed by atoms with Crippen LogP contribution in [0.5, 0.6) is 0 Å². The number of hydrogen-bond donors (Lipinski definition) is 1. The summed E-state index contributed by atoms with van der Waals surface area (Å²) in [6.45, 7) is 5.33. The molecule has 1 aromatic heterocycles. The van der Waals surface area contributed by atoms with Gasteiger partial charge in [0.15, 0.2) is 5.17 Å². The first-order valence-electron chi connectivity index (χ1n) is 4.75. The second-order valence-electron chi connectivity index (χ2n) is 3.50. The van der Waals surface area contributed by atoms with E-state index >= 15 is 0 Å². The number of thiophene rings is 1. The number of nitrogens with zero attached hydrogens (tertiary/aromatic N) is 1. The van der Waals surface area contributed by atoms with Gasteiger partial charge in [-0.15, -0.1) is 0 Å². The fraction of sp³-hybridized carbons (Fsp3) is 0.500. The molecule has 0 spiro atoms. The Morgan fingerprint density at radius 2 is 2.50 bits per heavy atom. The van der Waals surface area contributed by atoms with Gasteiger partial charge in [0.05, 0.1) is 12.6 Å². The lowest BCUT2D eigenvalue weighted by molar-refractivity contribution is 0.726. The Kier molecular flexibility index (Phi) is 3.13. The van der Waals surface area contributed by atoms with Gasteiger partial charge in [-0.05, 0) is 29.3 Å². The molecule has 2 rings (SSSR count). The van der Waals surface area contributed by atoms with Gasteiger partial charge in [0.25, 0.3) is 0 Å². The summed E-state index contributed by atoms with van der Waals surface area (Å²) in [5.41, 5.74) is 1.35. The molecular formula is C10H14N2S2. The highest BCUT2D eigenvalue weighted by molar-refractivity contribution is 8.14. The number of nitrogens with one attached hydrogen (secondary N) is 1. The largest absolute Gasteiger partial charge is 0.358 e. The average Bonchev–Trinajstić information content (AvgIpc) is 2.75. The van der Waals surface area contributed by atoms with Crippen LogP contribution in [0, 0.1) is 0 Å². The lowest BCUT2D eigenvalue weighted by atomic mass is 10.2. The first kappa shape index (κ1) is 10.1. The lowest BCUT2D eigenvalue weighted by Gasteiger charge is -2.13. The molecule has 14 heavy (non-hydrogen) atoms. The van der Waals surface area contributed by atoms with E-state index in [1.807, 2.05) is 11.8 Å². The summed E-state index contributed by atoms with van der Waals surface area (Å²) in [4.78, 5) is 4.44. The number of hydrogen-bond acceptors (Lipinski definition) is 4. The molecule has 2 unspecified atom stereocenters. The molecule has 2 heterocycles. The minimum atomic E-state index is 0.373. The van der Waals surface area contributed by atoms with Crippen molar-refractivity contribution in [2.45, 2.75) is 25.1 Å². The smallest absolute Gasteiger partial charge is 0.157 e. The molecule has 1 aromatic rings. The molecule has 0 aromatic carbocycles. The topological polar surface area (TPSA) is 24.4 Å². The fourth-order valence-corrected chi connectivity index (χ4v) is 3.02. The van der Waals surface area contributed by atoms with Crippen LogP contribution in [0.1, 0.15) is 25.5 Å². The maximum atomic E-state index is 4.44. The molecule has 1 aliphatic heterocycles. The summed E-state index contributed by atoms with van der Waals surface area (Å²) in [5, 5.41) is 9.45. The first-order valence-corrected chi connectivity index (χ1v) is 6.57. The van der Waals surface area contributed by atoms with E-state index in [9.17, 15) is 0 Å². The molecule has 1 N–H and O–H groups in total. The molecule has 2 nitrogen and oxygen atoms in total. The van der Waals surface area contributed by atoms with Gasteiger partial charge >= 0.3 is 0 Å². The fourth-order valence-electron chi connectivity index (χ4n) is 1.35. The number of amidine groups is 1. The van der Waals surface area contributed by atoms with Crippen molar-refractivity contribution in [3.05, 3.63) is 22.4 Å². The summed E-state index contributed by atoms with van der Waals surface area (Å²) in [5.74, 6) is 0. The Hall–Kier alpha value is -0.480. The standard InChI is InChI=1S/C10H14N2S2/c1-7-5-11-10(14-7)12-8(2)9-3-4-13-6-9/h3-4,6-8H,5H2,1-2H3,(H,11,12). The second-order valence-corrected chi connectivity index (χ2v) is 5.70. The van der Waals surface area contributed by atoms with Crippen LogP contribution < -0.4 is 5.32 Å². The highest BCUT2D eigenvalue weighted by atomic mass is 32.2. The molecule has 76 valence electrons. The van der Waals surface area contributed by atoms with Gasteiger partial charge < -0.3 is 5.32 Å². The van der Waals surface area contributed by atoms with E-state index in [0.29, 0.717) is 11.3 Å². The third-order valence-electron chi connectivity index (χ3n) is 2.19. The average molecular weight is 226 g/mol. The second kappa shape index (κ2) is 4.36. The first-order chi connectivity index (χ1) is 6.75. The molecule has 0 saturated heterocycles. The molecule has 0 amide bonds. The van der Waals surface area contributed by atoms with Crippen LogP contribution >= 0.6 is 23.1 Å². The lowest BCUT2D eigenvalue weighted by Crippen LogP contribution is -2.22. The van der Waals surface area contributed by atoms with Crippen molar-refractivity contribution < 1.29 is 0 Å².